The van der Waals surface area contributed by atoms with Crippen molar-refractivity contribution >= 4 is 22.4 Å². The van der Waals surface area contributed by atoms with Gasteiger partial charge >= 0.3 is 5.97 Å². The van der Waals surface area contributed by atoms with E-state index in [9.17, 15) is 15.2 Å². The summed E-state index contributed by atoms with van der Waals surface area (Å²) in [6.07, 6.45) is 2.01. The number of piperidine rings is 1. The molecule has 43 heavy (non-hydrogen) atoms. The number of thiazole rings is 1. The van der Waals surface area contributed by atoms with E-state index in [4.69, 9.17) is 19.2 Å². The lowest BCUT2D eigenvalue weighted by Gasteiger charge is -2.35. The second kappa shape index (κ2) is 13.0. The Kier molecular flexibility index (Phi) is 8.96. The SMILES string of the molecule is COCC1CN(Cc2ccc(COc3ccc(C)cc3-c3csc(N4CC5CC[C@H](C4)C5C(=O)O)n3)c(C#N)c2)CCO1. The number of carboxylic acids is 1. The van der Waals surface area contributed by atoms with Gasteiger partial charge in [0.15, 0.2) is 5.13 Å². The summed E-state index contributed by atoms with van der Waals surface area (Å²) in [6.45, 7) is 7.46. The van der Waals surface area contributed by atoms with E-state index in [0.29, 0.717) is 18.8 Å². The molecule has 6 rings (SSSR count). The van der Waals surface area contributed by atoms with Gasteiger partial charge in [0.2, 0.25) is 0 Å². The molecule has 4 atom stereocenters. The number of hydrogen-bond acceptors (Lipinski definition) is 9. The quantitative estimate of drug-likeness (QED) is 0.344. The van der Waals surface area contributed by atoms with Crippen LogP contribution in [-0.2, 0) is 27.4 Å². The molecule has 2 bridgehead atoms. The maximum atomic E-state index is 11.8. The molecule has 10 heteroatoms. The van der Waals surface area contributed by atoms with Crippen LogP contribution in [0.3, 0.4) is 0 Å². The maximum Gasteiger partial charge on any atom is 0.307 e. The third kappa shape index (κ3) is 6.55. The predicted molar refractivity (Wildman–Crippen MR) is 164 cm³/mol. The average Bonchev–Trinajstić information content (AvgIpc) is 3.60. The number of anilines is 1. The number of morpholine rings is 1. The molecule has 0 amide bonds. The van der Waals surface area contributed by atoms with Crippen LogP contribution < -0.4 is 9.64 Å². The first-order valence-electron chi connectivity index (χ1n) is 14.9. The van der Waals surface area contributed by atoms with Crippen LogP contribution in [0, 0.1) is 36.0 Å². The minimum atomic E-state index is -0.657. The fourth-order valence-corrected chi connectivity index (χ4v) is 7.71. The fourth-order valence-electron chi connectivity index (χ4n) is 6.86. The van der Waals surface area contributed by atoms with Gasteiger partial charge in [-0.05, 0) is 55.4 Å². The van der Waals surface area contributed by atoms with Crippen molar-refractivity contribution in [1.82, 2.24) is 9.88 Å². The van der Waals surface area contributed by atoms with E-state index in [1.54, 1.807) is 18.4 Å². The minimum absolute atomic E-state index is 0.0682. The summed E-state index contributed by atoms with van der Waals surface area (Å²) in [7, 11) is 1.69. The monoisotopic (exact) mass is 602 g/mol. The maximum absolute atomic E-state index is 11.8. The number of methoxy groups -OCH3 is 1. The van der Waals surface area contributed by atoms with Crippen LogP contribution in [0.1, 0.15) is 35.1 Å². The van der Waals surface area contributed by atoms with Crippen molar-refractivity contribution in [3.63, 3.8) is 0 Å². The Labute approximate surface area is 256 Å². The van der Waals surface area contributed by atoms with Crippen LogP contribution in [0.5, 0.6) is 5.75 Å². The lowest BCUT2D eigenvalue weighted by Crippen LogP contribution is -2.44. The number of benzene rings is 2. The Morgan fingerprint density at radius 1 is 1.19 bits per heavy atom. The van der Waals surface area contributed by atoms with Crippen molar-refractivity contribution in [2.24, 2.45) is 17.8 Å². The van der Waals surface area contributed by atoms with Crippen molar-refractivity contribution in [2.75, 3.05) is 51.4 Å². The van der Waals surface area contributed by atoms with Gasteiger partial charge < -0.3 is 24.2 Å². The molecule has 1 saturated carbocycles. The third-order valence-electron chi connectivity index (χ3n) is 8.95. The molecule has 3 aromatic rings. The molecule has 1 N–H and O–H groups in total. The number of carboxylic acid groups (broad SMARTS) is 1. The van der Waals surface area contributed by atoms with Crippen molar-refractivity contribution in [3.8, 4) is 23.1 Å². The summed E-state index contributed by atoms with van der Waals surface area (Å²) in [6, 6.07) is 14.5. The molecule has 3 aliphatic rings. The van der Waals surface area contributed by atoms with E-state index >= 15 is 0 Å². The number of nitrogens with zero attached hydrogens (tertiary/aromatic N) is 4. The van der Waals surface area contributed by atoms with Crippen LogP contribution in [0.4, 0.5) is 5.13 Å². The molecule has 0 radical (unpaired) electrons. The van der Waals surface area contributed by atoms with E-state index < -0.39 is 5.97 Å². The summed E-state index contributed by atoms with van der Waals surface area (Å²) in [5.74, 6) is 0.202. The molecule has 9 nitrogen and oxygen atoms in total. The number of hydrogen-bond donors (Lipinski definition) is 1. The lowest BCUT2D eigenvalue weighted by molar-refractivity contribution is -0.144. The highest BCUT2D eigenvalue weighted by molar-refractivity contribution is 7.14. The van der Waals surface area contributed by atoms with E-state index in [1.807, 2.05) is 31.2 Å². The van der Waals surface area contributed by atoms with Gasteiger partial charge in [-0.1, -0.05) is 23.8 Å². The van der Waals surface area contributed by atoms with Gasteiger partial charge in [0.25, 0.3) is 0 Å². The Morgan fingerprint density at radius 3 is 2.74 bits per heavy atom. The molecule has 2 saturated heterocycles. The number of aromatic nitrogens is 1. The first kappa shape index (κ1) is 29.6. The normalized spacial score (nSPS) is 23.7. The van der Waals surface area contributed by atoms with Crippen LogP contribution in [0.25, 0.3) is 11.3 Å². The second-order valence-corrected chi connectivity index (χ2v) is 12.8. The molecular formula is C33H38N4O5S. The number of ether oxygens (including phenoxy) is 3. The van der Waals surface area contributed by atoms with Crippen molar-refractivity contribution < 1.29 is 24.1 Å². The van der Waals surface area contributed by atoms with Gasteiger partial charge in [-0.15, -0.1) is 11.3 Å². The Bertz CT molecular complexity index is 1490. The van der Waals surface area contributed by atoms with Crippen molar-refractivity contribution in [3.05, 3.63) is 64.0 Å². The summed E-state index contributed by atoms with van der Waals surface area (Å²) >= 11 is 1.60. The van der Waals surface area contributed by atoms with E-state index in [-0.39, 0.29) is 30.5 Å². The number of aliphatic carboxylic acids is 1. The summed E-state index contributed by atoms with van der Waals surface area (Å²) in [4.78, 5) is 21.4. The zero-order chi connectivity index (χ0) is 29.9. The highest BCUT2D eigenvalue weighted by Gasteiger charge is 2.46. The Balaban J connectivity index is 1.14. The fraction of sp³-hybridized carbons (Fsp3) is 0.485. The Hall–Kier alpha value is -3.49. The first-order valence-corrected chi connectivity index (χ1v) is 15.8. The smallest absolute Gasteiger partial charge is 0.307 e. The van der Waals surface area contributed by atoms with Gasteiger partial charge in [0.1, 0.15) is 12.4 Å². The first-order chi connectivity index (χ1) is 20.9. The number of carbonyl (C=O) groups is 1. The van der Waals surface area contributed by atoms with Crippen LogP contribution in [0.15, 0.2) is 41.8 Å². The molecule has 1 aliphatic carbocycles. The van der Waals surface area contributed by atoms with Gasteiger partial charge in [0, 0.05) is 56.3 Å². The zero-order valence-electron chi connectivity index (χ0n) is 24.7. The summed E-state index contributed by atoms with van der Waals surface area (Å²) in [5.41, 5.74) is 5.41. The molecule has 1 aromatic heterocycles. The molecule has 226 valence electrons. The highest BCUT2D eigenvalue weighted by atomic mass is 32.1. The summed E-state index contributed by atoms with van der Waals surface area (Å²) < 4.78 is 17.4. The average molecular weight is 603 g/mol. The third-order valence-corrected chi connectivity index (χ3v) is 9.85. The summed E-state index contributed by atoms with van der Waals surface area (Å²) in [5, 5.41) is 22.6. The van der Waals surface area contributed by atoms with E-state index in [2.05, 4.69) is 33.4 Å². The molecule has 2 aliphatic heterocycles. The molecule has 0 spiro atoms. The van der Waals surface area contributed by atoms with Gasteiger partial charge in [-0.2, -0.15) is 5.26 Å². The predicted octanol–water partition coefficient (Wildman–Crippen LogP) is 4.96. The zero-order valence-corrected chi connectivity index (χ0v) is 25.5. The van der Waals surface area contributed by atoms with E-state index in [0.717, 1.165) is 84.4 Å². The Morgan fingerprint density at radius 2 is 2.00 bits per heavy atom. The molecule has 2 aromatic carbocycles. The molecule has 3 heterocycles. The number of rotatable bonds is 10. The molecule has 3 fully saturated rings. The largest absolute Gasteiger partial charge is 0.488 e. The standard InChI is InChI=1S/C33H38N4O5S/c1-21-3-8-30(28(11-21)29-20-43-33(35-29)37-15-23-6-7-24(16-37)31(23)32(38)39)42-18-25-5-4-22(12-26(25)13-34)14-36-9-10-41-27(17-36)19-40-2/h3-5,8,11-12,20,23-24,27,31H,6-7,9-10,14-19H2,1-2H3,(H,38,39)/t23-,24?,27?,31?/m1/s1. The molecule has 3 unspecified atom stereocenters. The van der Waals surface area contributed by atoms with Gasteiger partial charge in [0.05, 0.1) is 42.6 Å². The lowest BCUT2D eigenvalue weighted by atomic mass is 9.85. The number of aryl methyl sites for hydroxylation is 1. The van der Waals surface area contributed by atoms with Crippen molar-refractivity contribution in [2.45, 2.75) is 39.0 Å². The molecular weight excluding hydrogens is 564 g/mol. The van der Waals surface area contributed by atoms with Crippen molar-refractivity contribution in [1.29, 1.82) is 5.26 Å². The van der Waals surface area contributed by atoms with Gasteiger partial charge in [-0.3, -0.25) is 9.69 Å². The van der Waals surface area contributed by atoms with Crippen LogP contribution >= 0.6 is 11.3 Å². The highest BCUT2D eigenvalue weighted by Crippen LogP contribution is 2.44. The second-order valence-electron chi connectivity index (χ2n) is 12.0. The minimum Gasteiger partial charge on any atom is -0.488 e. The van der Waals surface area contributed by atoms with E-state index in [1.165, 1.54) is 0 Å². The topological polar surface area (TPSA) is 108 Å². The van der Waals surface area contributed by atoms with Crippen LogP contribution in [-0.4, -0.2) is 73.6 Å². The number of fused-ring (bicyclic) bond motifs is 2. The van der Waals surface area contributed by atoms with Gasteiger partial charge in [-0.25, -0.2) is 4.98 Å². The number of nitriles is 1. The van der Waals surface area contributed by atoms with Crippen LogP contribution in [0.2, 0.25) is 0 Å².